The number of hydrogen-bond acceptors (Lipinski definition) is 2. The molecule has 0 aromatic carbocycles. The van der Waals surface area contributed by atoms with Gasteiger partial charge in [-0.15, -0.1) is 0 Å². The van der Waals surface area contributed by atoms with Gasteiger partial charge in [0.1, 0.15) is 0 Å². The van der Waals surface area contributed by atoms with Gasteiger partial charge in [-0.2, -0.15) is 0 Å². The number of methoxy groups -OCH3 is 1. The molecule has 1 fully saturated rings. The number of carboxylic acid groups (broad SMARTS) is 1. The van der Waals surface area contributed by atoms with Crippen molar-refractivity contribution in [3.05, 3.63) is 0 Å². The zero-order valence-electron chi connectivity index (χ0n) is 9.58. The number of carboxylic acids is 1. The first kappa shape index (κ1) is 12.5. The molecule has 0 aliphatic heterocycles. The SMILES string of the molecule is COCCCCC1CCCCC1C(=O)O. The fraction of sp³-hybridized carbons (Fsp3) is 0.917. The van der Waals surface area contributed by atoms with Crippen molar-refractivity contribution in [1.29, 1.82) is 0 Å². The van der Waals surface area contributed by atoms with Gasteiger partial charge in [0.25, 0.3) is 0 Å². The Morgan fingerprint density at radius 3 is 2.73 bits per heavy atom. The predicted octanol–water partition coefficient (Wildman–Crippen LogP) is 2.69. The highest BCUT2D eigenvalue weighted by molar-refractivity contribution is 5.70. The highest BCUT2D eigenvalue weighted by atomic mass is 16.5. The second-order valence-corrected chi connectivity index (χ2v) is 4.48. The molecule has 1 N–H and O–H groups in total. The molecule has 0 radical (unpaired) electrons. The molecule has 2 atom stereocenters. The Balaban J connectivity index is 2.26. The standard InChI is InChI=1S/C12H22O3/c1-15-9-5-4-7-10-6-2-3-8-11(10)12(13)14/h10-11H,2-9H2,1H3,(H,13,14). The fourth-order valence-corrected chi connectivity index (χ4v) is 2.53. The molecule has 15 heavy (non-hydrogen) atoms. The molecular formula is C12H22O3. The van der Waals surface area contributed by atoms with Crippen LogP contribution in [0.4, 0.5) is 0 Å². The largest absolute Gasteiger partial charge is 0.481 e. The molecule has 0 saturated heterocycles. The highest BCUT2D eigenvalue weighted by Gasteiger charge is 2.29. The number of rotatable bonds is 6. The van der Waals surface area contributed by atoms with Crippen molar-refractivity contribution in [3.63, 3.8) is 0 Å². The third kappa shape index (κ3) is 4.20. The topological polar surface area (TPSA) is 46.5 Å². The van der Waals surface area contributed by atoms with Crippen LogP contribution in [-0.2, 0) is 9.53 Å². The second kappa shape index (κ2) is 6.83. The molecule has 0 spiro atoms. The summed E-state index contributed by atoms with van der Waals surface area (Å²) in [6, 6.07) is 0. The molecule has 3 heteroatoms. The number of hydrogen-bond donors (Lipinski definition) is 1. The van der Waals surface area contributed by atoms with Gasteiger partial charge in [0.05, 0.1) is 5.92 Å². The van der Waals surface area contributed by atoms with Crippen molar-refractivity contribution in [1.82, 2.24) is 0 Å². The van der Waals surface area contributed by atoms with Crippen LogP contribution in [0.1, 0.15) is 44.9 Å². The Morgan fingerprint density at radius 1 is 1.33 bits per heavy atom. The Bertz CT molecular complexity index is 191. The van der Waals surface area contributed by atoms with Gasteiger partial charge in [0, 0.05) is 13.7 Å². The van der Waals surface area contributed by atoms with E-state index in [1.807, 2.05) is 0 Å². The first-order chi connectivity index (χ1) is 7.25. The minimum absolute atomic E-state index is 0.0821. The lowest BCUT2D eigenvalue weighted by atomic mass is 9.77. The quantitative estimate of drug-likeness (QED) is 0.691. The van der Waals surface area contributed by atoms with E-state index in [0.717, 1.165) is 45.1 Å². The van der Waals surface area contributed by atoms with E-state index in [9.17, 15) is 4.79 Å². The van der Waals surface area contributed by atoms with Crippen molar-refractivity contribution < 1.29 is 14.6 Å². The Kier molecular flexibility index (Phi) is 5.69. The van der Waals surface area contributed by atoms with Gasteiger partial charge in [-0.25, -0.2) is 0 Å². The summed E-state index contributed by atoms with van der Waals surface area (Å²) in [5.74, 6) is -0.263. The second-order valence-electron chi connectivity index (χ2n) is 4.48. The highest BCUT2D eigenvalue weighted by Crippen LogP contribution is 2.33. The Hall–Kier alpha value is -0.570. The Morgan fingerprint density at radius 2 is 2.07 bits per heavy atom. The molecule has 1 rings (SSSR count). The van der Waals surface area contributed by atoms with Crippen LogP contribution in [-0.4, -0.2) is 24.8 Å². The minimum atomic E-state index is -0.591. The molecule has 0 aromatic rings. The van der Waals surface area contributed by atoms with Gasteiger partial charge in [0.2, 0.25) is 0 Å². The van der Waals surface area contributed by atoms with Gasteiger partial charge >= 0.3 is 5.97 Å². The van der Waals surface area contributed by atoms with Gasteiger partial charge in [-0.05, 0) is 31.6 Å². The molecule has 0 amide bonds. The minimum Gasteiger partial charge on any atom is -0.481 e. The smallest absolute Gasteiger partial charge is 0.306 e. The average molecular weight is 214 g/mol. The van der Waals surface area contributed by atoms with E-state index >= 15 is 0 Å². The molecule has 0 aromatic heterocycles. The summed E-state index contributed by atoms with van der Waals surface area (Å²) in [5.41, 5.74) is 0. The summed E-state index contributed by atoms with van der Waals surface area (Å²) in [4.78, 5) is 11.0. The number of aliphatic carboxylic acids is 1. The van der Waals surface area contributed by atoms with Crippen molar-refractivity contribution in [2.75, 3.05) is 13.7 Å². The molecule has 3 nitrogen and oxygen atoms in total. The third-order valence-electron chi connectivity index (χ3n) is 3.40. The molecule has 1 saturated carbocycles. The van der Waals surface area contributed by atoms with Crippen molar-refractivity contribution in [2.24, 2.45) is 11.8 Å². The first-order valence-corrected chi connectivity index (χ1v) is 5.97. The van der Waals surface area contributed by atoms with Crippen LogP contribution in [0.5, 0.6) is 0 Å². The van der Waals surface area contributed by atoms with Gasteiger partial charge < -0.3 is 9.84 Å². The van der Waals surface area contributed by atoms with E-state index in [-0.39, 0.29) is 5.92 Å². The lowest BCUT2D eigenvalue weighted by Crippen LogP contribution is -2.26. The third-order valence-corrected chi connectivity index (χ3v) is 3.40. The van der Waals surface area contributed by atoms with Crippen LogP contribution in [0.15, 0.2) is 0 Å². The van der Waals surface area contributed by atoms with Crippen molar-refractivity contribution in [3.8, 4) is 0 Å². The molecule has 2 unspecified atom stereocenters. The van der Waals surface area contributed by atoms with Crippen LogP contribution < -0.4 is 0 Å². The van der Waals surface area contributed by atoms with E-state index in [4.69, 9.17) is 9.84 Å². The number of ether oxygens (including phenoxy) is 1. The summed E-state index contributed by atoms with van der Waals surface area (Å²) < 4.78 is 4.99. The van der Waals surface area contributed by atoms with Crippen LogP contribution in [0.25, 0.3) is 0 Å². The van der Waals surface area contributed by atoms with Gasteiger partial charge in [-0.1, -0.05) is 19.3 Å². The van der Waals surface area contributed by atoms with E-state index in [1.54, 1.807) is 7.11 Å². The predicted molar refractivity (Wildman–Crippen MR) is 58.8 cm³/mol. The van der Waals surface area contributed by atoms with E-state index in [2.05, 4.69) is 0 Å². The maximum atomic E-state index is 11.0. The van der Waals surface area contributed by atoms with E-state index < -0.39 is 5.97 Å². The fourth-order valence-electron chi connectivity index (χ4n) is 2.53. The van der Waals surface area contributed by atoms with Crippen molar-refractivity contribution >= 4 is 5.97 Å². The Labute approximate surface area is 91.8 Å². The van der Waals surface area contributed by atoms with Crippen LogP contribution >= 0.6 is 0 Å². The van der Waals surface area contributed by atoms with E-state index in [0.29, 0.717) is 5.92 Å². The molecule has 0 bridgehead atoms. The monoisotopic (exact) mass is 214 g/mol. The zero-order chi connectivity index (χ0) is 11.1. The molecule has 1 aliphatic rings. The van der Waals surface area contributed by atoms with Crippen LogP contribution in [0, 0.1) is 11.8 Å². The maximum absolute atomic E-state index is 11.0. The normalized spacial score (nSPS) is 26.5. The van der Waals surface area contributed by atoms with Gasteiger partial charge in [0.15, 0.2) is 0 Å². The van der Waals surface area contributed by atoms with Gasteiger partial charge in [-0.3, -0.25) is 4.79 Å². The summed E-state index contributed by atoms with van der Waals surface area (Å²) >= 11 is 0. The molecule has 88 valence electrons. The average Bonchev–Trinajstić information content (AvgIpc) is 2.25. The molecular weight excluding hydrogens is 192 g/mol. The summed E-state index contributed by atoms with van der Waals surface area (Å²) in [5, 5.41) is 9.09. The lowest BCUT2D eigenvalue weighted by molar-refractivity contribution is -0.145. The summed E-state index contributed by atoms with van der Waals surface area (Å²) in [6.07, 6.45) is 7.49. The van der Waals surface area contributed by atoms with Crippen molar-refractivity contribution in [2.45, 2.75) is 44.9 Å². The molecule has 0 heterocycles. The molecule has 1 aliphatic carbocycles. The maximum Gasteiger partial charge on any atom is 0.306 e. The first-order valence-electron chi connectivity index (χ1n) is 5.97. The van der Waals surface area contributed by atoms with Crippen LogP contribution in [0.3, 0.4) is 0 Å². The van der Waals surface area contributed by atoms with Crippen LogP contribution in [0.2, 0.25) is 0 Å². The summed E-state index contributed by atoms with van der Waals surface area (Å²) in [7, 11) is 1.71. The summed E-state index contributed by atoms with van der Waals surface area (Å²) in [6.45, 7) is 0.796. The zero-order valence-corrected chi connectivity index (χ0v) is 9.58. The lowest BCUT2D eigenvalue weighted by Gasteiger charge is -2.28. The number of unbranched alkanes of at least 4 members (excludes halogenated alkanes) is 1. The number of carbonyl (C=O) groups is 1. The van der Waals surface area contributed by atoms with E-state index in [1.165, 1.54) is 6.42 Å².